The highest BCUT2D eigenvalue weighted by atomic mass is 16.3. The van der Waals surface area contributed by atoms with Gasteiger partial charge in [0.25, 0.3) is 0 Å². The molecule has 5 nitrogen and oxygen atoms in total. The van der Waals surface area contributed by atoms with Gasteiger partial charge in [0.2, 0.25) is 0 Å². The van der Waals surface area contributed by atoms with Gasteiger partial charge in [-0.1, -0.05) is 0 Å². The van der Waals surface area contributed by atoms with E-state index in [1.165, 1.54) is 0 Å². The Hall–Kier alpha value is -2.04. The molecular formula is C11H14N4O. The first kappa shape index (κ1) is 10.5. The van der Waals surface area contributed by atoms with Crippen molar-refractivity contribution >= 4 is 5.69 Å². The second-order valence-electron chi connectivity index (χ2n) is 3.62. The lowest BCUT2D eigenvalue weighted by Crippen LogP contribution is -2.06. The quantitative estimate of drug-likeness (QED) is 0.765. The molecule has 0 aliphatic carbocycles. The Morgan fingerprint density at radius 3 is 2.50 bits per heavy atom. The maximum absolute atomic E-state index is 9.14. The average Bonchev–Trinajstić information content (AvgIpc) is 2.60. The summed E-state index contributed by atoms with van der Waals surface area (Å²) in [7, 11) is 1.93. The number of nitrogens with zero attached hydrogens (tertiary/aromatic N) is 3. The Labute approximate surface area is 93.8 Å². The first-order valence-corrected chi connectivity index (χ1v) is 5.04. The number of aromatic hydroxyl groups is 1. The molecule has 1 heterocycles. The molecule has 16 heavy (non-hydrogen) atoms. The molecule has 0 unspecified atom stereocenters. The molecule has 84 valence electrons. The normalized spacial score (nSPS) is 10.4. The number of aryl methyl sites for hydroxylation is 1. The van der Waals surface area contributed by atoms with Crippen molar-refractivity contribution in [3.8, 4) is 5.75 Å². The number of hydrogen-bond acceptors (Lipinski definition) is 4. The van der Waals surface area contributed by atoms with Crippen LogP contribution < -0.4 is 5.32 Å². The van der Waals surface area contributed by atoms with E-state index >= 15 is 0 Å². The van der Waals surface area contributed by atoms with Gasteiger partial charge in [0.1, 0.15) is 11.6 Å². The summed E-state index contributed by atoms with van der Waals surface area (Å²) in [6.45, 7) is 2.53. The van der Waals surface area contributed by atoms with Crippen LogP contribution in [0.1, 0.15) is 11.6 Å². The van der Waals surface area contributed by atoms with Crippen LogP contribution in [0.3, 0.4) is 0 Å². The maximum atomic E-state index is 9.14. The van der Waals surface area contributed by atoms with E-state index < -0.39 is 0 Å². The summed E-state index contributed by atoms with van der Waals surface area (Å²) in [6.07, 6.45) is 0. The topological polar surface area (TPSA) is 63.0 Å². The second kappa shape index (κ2) is 4.22. The molecule has 2 rings (SSSR count). The van der Waals surface area contributed by atoms with Crippen molar-refractivity contribution in [1.29, 1.82) is 0 Å². The lowest BCUT2D eigenvalue weighted by atomic mass is 10.3. The van der Waals surface area contributed by atoms with Crippen LogP contribution in [0.4, 0.5) is 5.69 Å². The summed E-state index contributed by atoms with van der Waals surface area (Å²) in [5.74, 6) is 2.04. The van der Waals surface area contributed by atoms with Gasteiger partial charge < -0.3 is 15.0 Å². The first-order chi connectivity index (χ1) is 7.66. The number of benzene rings is 1. The minimum atomic E-state index is 0.264. The largest absolute Gasteiger partial charge is 0.508 e. The Balaban J connectivity index is 2.02. The van der Waals surface area contributed by atoms with E-state index in [1.54, 1.807) is 12.1 Å². The fourth-order valence-electron chi connectivity index (χ4n) is 1.37. The number of phenolic OH excluding ortho intramolecular Hbond substituents is 1. The van der Waals surface area contributed by atoms with E-state index in [-0.39, 0.29) is 5.75 Å². The monoisotopic (exact) mass is 218 g/mol. The third-order valence-electron chi connectivity index (χ3n) is 2.50. The predicted molar refractivity (Wildman–Crippen MR) is 61.2 cm³/mol. The summed E-state index contributed by atoms with van der Waals surface area (Å²) in [5, 5.41) is 20.4. The molecule has 1 aromatic heterocycles. The van der Waals surface area contributed by atoms with Gasteiger partial charge in [-0.05, 0) is 31.2 Å². The van der Waals surface area contributed by atoms with Crippen molar-refractivity contribution in [1.82, 2.24) is 14.8 Å². The molecule has 5 heteroatoms. The number of anilines is 1. The standard InChI is InChI=1S/C11H14N4O/c1-8-13-14-11(15(8)2)7-12-9-3-5-10(16)6-4-9/h3-6,12,16H,7H2,1-2H3. The van der Waals surface area contributed by atoms with Crippen LogP contribution in [0.25, 0.3) is 0 Å². The van der Waals surface area contributed by atoms with E-state index in [9.17, 15) is 0 Å². The molecule has 0 atom stereocenters. The van der Waals surface area contributed by atoms with E-state index in [0.29, 0.717) is 6.54 Å². The fraction of sp³-hybridized carbons (Fsp3) is 0.273. The summed E-state index contributed by atoms with van der Waals surface area (Å²) >= 11 is 0. The average molecular weight is 218 g/mol. The molecule has 0 saturated heterocycles. The first-order valence-electron chi connectivity index (χ1n) is 5.04. The van der Waals surface area contributed by atoms with Gasteiger partial charge in [-0.15, -0.1) is 10.2 Å². The van der Waals surface area contributed by atoms with Crippen molar-refractivity contribution in [2.24, 2.45) is 7.05 Å². The second-order valence-corrected chi connectivity index (χ2v) is 3.62. The highest BCUT2D eigenvalue weighted by Crippen LogP contribution is 2.14. The Bertz CT molecular complexity index is 475. The van der Waals surface area contributed by atoms with E-state index in [2.05, 4.69) is 15.5 Å². The molecule has 1 aromatic carbocycles. The predicted octanol–water partition coefficient (Wildman–Crippen LogP) is 1.44. The highest BCUT2D eigenvalue weighted by molar-refractivity contribution is 5.45. The zero-order valence-electron chi connectivity index (χ0n) is 9.31. The van der Waals surface area contributed by atoms with Gasteiger partial charge in [0.05, 0.1) is 6.54 Å². The molecule has 2 aromatic rings. The lowest BCUT2D eigenvalue weighted by Gasteiger charge is -2.06. The summed E-state index contributed by atoms with van der Waals surface area (Å²) in [4.78, 5) is 0. The Morgan fingerprint density at radius 1 is 1.25 bits per heavy atom. The van der Waals surface area contributed by atoms with Gasteiger partial charge in [0.15, 0.2) is 5.82 Å². The van der Waals surface area contributed by atoms with Crippen LogP contribution in [0.5, 0.6) is 5.75 Å². The number of nitrogens with one attached hydrogen (secondary N) is 1. The van der Waals surface area contributed by atoms with Crippen LogP contribution >= 0.6 is 0 Å². The summed E-state index contributed by atoms with van der Waals surface area (Å²) < 4.78 is 1.94. The number of hydrogen-bond donors (Lipinski definition) is 2. The molecule has 0 saturated carbocycles. The van der Waals surface area contributed by atoms with Gasteiger partial charge in [-0.3, -0.25) is 0 Å². The molecule has 0 bridgehead atoms. The molecule has 0 spiro atoms. The van der Waals surface area contributed by atoms with E-state index in [1.807, 2.05) is 30.7 Å². The molecule has 0 amide bonds. The van der Waals surface area contributed by atoms with Gasteiger partial charge >= 0.3 is 0 Å². The summed E-state index contributed by atoms with van der Waals surface area (Å²) in [6, 6.07) is 6.92. The van der Waals surface area contributed by atoms with Gasteiger partial charge in [-0.2, -0.15) is 0 Å². The van der Waals surface area contributed by atoms with Crippen molar-refractivity contribution in [3.05, 3.63) is 35.9 Å². The molecule has 0 radical (unpaired) electrons. The number of phenols is 1. The van der Waals surface area contributed by atoms with Crippen molar-refractivity contribution < 1.29 is 5.11 Å². The number of aromatic nitrogens is 3. The van der Waals surface area contributed by atoms with Crippen LogP contribution in [-0.4, -0.2) is 19.9 Å². The van der Waals surface area contributed by atoms with Crippen molar-refractivity contribution in [3.63, 3.8) is 0 Å². The van der Waals surface area contributed by atoms with Crippen LogP contribution in [-0.2, 0) is 13.6 Å². The number of rotatable bonds is 3. The van der Waals surface area contributed by atoms with Gasteiger partial charge in [-0.25, -0.2) is 0 Å². The zero-order valence-corrected chi connectivity index (χ0v) is 9.31. The third-order valence-corrected chi connectivity index (χ3v) is 2.50. The minimum Gasteiger partial charge on any atom is -0.508 e. The Kier molecular flexibility index (Phi) is 2.76. The van der Waals surface area contributed by atoms with Crippen LogP contribution in [0.2, 0.25) is 0 Å². The smallest absolute Gasteiger partial charge is 0.152 e. The molecular weight excluding hydrogens is 204 g/mol. The van der Waals surface area contributed by atoms with Gasteiger partial charge in [0, 0.05) is 12.7 Å². The van der Waals surface area contributed by atoms with E-state index in [0.717, 1.165) is 17.3 Å². The third kappa shape index (κ3) is 2.13. The Morgan fingerprint density at radius 2 is 1.94 bits per heavy atom. The maximum Gasteiger partial charge on any atom is 0.152 e. The minimum absolute atomic E-state index is 0.264. The van der Waals surface area contributed by atoms with Crippen molar-refractivity contribution in [2.45, 2.75) is 13.5 Å². The van der Waals surface area contributed by atoms with Crippen molar-refractivity contribution in [2.75, 3.05) is 5.32 Å². The molecule has 0 fully saturated rings. The van der Waals surface area contributed by atoms with Crippen LogP contribution in [0, 0.1) is 6.92 Å². The SMILES string of the molecule is Cc1nnc(CNc2ccc(O)cc2)n1C. The molecule has 0 aliphatic heterocycles. The summed E-state index contributed by atoms with van der Waals surface area (Å²) in [5.41, 5.74) is 0.943. The molecule has 0 aliphatic rings. The lowest BCUT2D eigenvalue weighted by molar-refractivity contribution is 0.475. The zero-order chi connectivity index (χ0) is 11.5. The highest BCUT2D eigenvalue weighted by Gasteiger charge is 2.03. The molecule has 2 N–H and O–H groups in total. The van der Waals surface area contributed by atoms with E-state index in [4.69, 9.17) is 5.11 Å². The fourth-order valence-corrected chi connectivity index (χ4v) is 1.37. The van der Waals surface area contributed by atoms with Crippen LogP contribution in [0.15, 0.2) is 24.3 Å².